The lowest BCUT2D eigenvalue weighted by Crippen LogP contribution is -2.14. The second kappa shape index (κ2) is 5.24. The molecule has 0 saturated heterocycles. The summed E-state index contributed by atoms with van der Waals surface area (Å²) < 4.78 is 0. The van der Waals surface area contributed by atoms with Gasteiger partial charge in [-0.05, 0) is 6.42 Å². The zero-order valence-corrected chi connectivity index (χ0v) is 7.65. The molecule has 0 N–H and O–H groups in total. The van der Waals surface area contributed by atoms with Crippen LogP contribution in [0.2, 0.25) is 0 Å². The van der Waals surface area contributed by atoms with Crippen molar-refractivity contribution in [1.82, 2.24) is 0 Å². The molecule has 0 aromatic heterocycles. The Kier molecular flexibility index (Phi) is 5.50. The molecule has 55 valence electrons. The maximum Gasteiger partial charge on any atom is 0.105 e. The summed E-state index contributed by atoms with van der Waals surface area (Å²) in [5.41, 5.74) is 0. The Hall–Kier alpha value is 0.440. The third kappa shape index (κ3) is 4.91. The first-order valence-electron chi connectivity index (χ1n) is 3.48. The highest BCUT2D eigenvalue weighted by molar-refractivity contribution is 9.09. The number of hydrogen-bond donors (Lipinski definition) is 0. The number of hydrogen-bond acceptors (Lipinski definition) is 0. The Labute approximate surface area is 65.6 Å². The molecule has 0 bridgehead atoms. The van der Waals surface area contributed by atoms with Crippen molar-refractivity contribution in [3.05, 3.63) is 0 Å². The molecule has 0 fully saturated rings. The molecule has 0 aliphatic heterocycles. The van der Waals surface area contributed by atoms with Crippen molar-refractivity contribution < 1.29 is 5.11 Å². The minimum Gasteiger partial charge on any atom is -0.232 e. The molecule has 0 heterocycles. The molecule has 9 heavy (non-hydrogen) atoms. The average Bonchev–Trinajstić information content (AvgIpc) is 1.82. The maximum atomic E-state index is 10.9. The van der Waals surface area contributed by atoms with Crippen molar-refractivity contribution in [3.63, 3.8) is 0 Å². The van der Waals surface area contributed by atoms with Gasteiger partial charge in [0.15, 0.2) is 0 Å². The number of alkyl halides is 1. The van der Waals surface area contributed by atoms with Crippen LogP contribution in [0.5, 0.6) is 0 Å². The fraction of sp³-hybridized carbons (Fsp3) is 1.00. The van der Waals surface area contributed by atoms with Crippen LogP contribution in [-0.2, 0) is 5.11 Å². The van der Waals surface area contributed by atoms with Crippen molar-refractivity contribution in [2.45, 2.75) is 44.0 Å². The van der Waals surface area contributed by atoms with E-state index < -0.39 is 6.10 Å². The Bertz CT molecular complexity index is 63.9. The van der Waals surface area contributed by atoms with Crippen molar-refractivity contribution >= 4 is 15.9 Å². The molecule has 1 nitrogen and oxygen atoms in total. The molecule has 0 spiro atoms. The van der Waals surface area contributed by atoms with Crippen LogP contribution in [0.15, 0.2) is 0 Å². The standard InChI is InChI=1S/C7H14BrO/c1-3-4-5-7(9)6(2)8/h6-7H,3-5H2,1-2H3. The topological polar surface area (TPSA) is 19.9 Å². The zero-order chi connectivity index (χ0) is 7.28. The summed E-state index contributed by atoms with van der Waals surface area (Å²) in [4.78, 5) is 0.129. The normalized spacial score (nSPS) is 17.3. The first kappa shape index (κ1) is 9.44. The lowest BCUT2D eigenvalue weighted by molar-refractivity contribution is 0.0821. The molecule has 0 rings (SSSR count). The van der Waals surface area contributed by atoms with Gasteiger partial charge < -0.3 is 0 Å². The summed E-state index contributed by atoms with van der Waals surface area (Å²) in [7, 11) is 0. The van der Waals surface area contributed by atoms with Crippen LogP contribution < -0.4 is 0 Å². The third-order valence-corrected chi connectivity index (χ3v) is 1.94. The van der Waals surface area contributed by atoms with Crippen LogP contribution in [-0.4, -0.2) is 10.9 Å². The summed E-state index contributed by atoms with van der Waals surface area (Å²) in [5, 5.41) is 10.9. The van der Waals surface area contributed by atoms with E-state index in [-0.39, 0.29) is 4.83 Å². The van der Waals surface area contributed by atoms with Gasteiger partial charge in [-0.3, -0.25) is 0 Å². The molecule has 2 atom stereocenters. The molecular formula is C7H14BrO. The van der Waals surface area contributed by atoms with Gasteiger partial charge in [-0.15, -0.1) is 0 Å². The summed E-state index contributed by atoms with van der Waals surface area (Å²) in [6.45, 7) is 4.01. The van der Waals surface area contributed by atoms with E-state index in [1.807, 2.05) is 6.92 Å². The predicted octanol–water partition coefficient (Wildman–Crippen LogP) is 2.76. The highest BCUT2D eigenvalue weighted by Crippen LogP contribution is 2.11. The molecule has 1 radical (unpaired) electrons. The largest absolute Gasteiger partial charge is 0.232 e. The van der Waals surface area contributed by atoms with Gasteiger partial charge in [-0.2, -0.15) is 0 Å². The van der Waals surface area contributed by atoms with Crippen LogP contribution in [0.3, 0.4) is 0 Å². The van der Waals surface area contributed by atoms with E-state index in [0.717, 1.165) is 19.3 Å². The van der Waals surface area contributed by atoms with Gasteiger partial charge in [-0.1, -0.05) is 42.6 Å². The molecule has 0 aliphatic rings. The van der Waals surface area contributed by atoms with Crippen molar-refractivity contribution in [2.75, 3.05) is 0 Å². The van der Waals surface area contributed by atoms with E-state index in [1.165, 1.54) is 0 Å². The summed E-state index contributed by atoms with van der Waals surface area (Å²) >= 11 is 3.26. The lowest BCUT2D eigenvalue weighted by Gasteiger charge is -2.08. The van der Waals surface area contributed by atoms with E-state index >= 15 is 0 Å². The van der Waals surface area contributed by atoms with E-state index in [9.17, 15) is 5.11 Å². The molecule has 0 aliphatic carbocycles. The molecule has 0 aromatic carbocycles. The van der Waals surface area contributed by atoms with Crippen molar-refractivity contribution in [1.29, 1.82) is 0 Å². The van der Waals surface area contributed by atoms with Gasteiger partial charge in [0.25, 0.3) is 0 Å². The molecular weight excluding hydrogens is 180 g/mol. The number of unbranched alkanes of at least 4 members (excludes halogenated alkanes) is 1. The molecule has 0 amide bonds. The SMILES string of the molecule is CCCCC([O])C(C)Br. The quantitative estimate of drug-likeness (QED) is 0.613. The summed E-state index contributed by atoms with van der Waals surface area (Å²) in [6, 6.07) is 0. The third-order valence-electron chi connectivity index (χ3n) is 1.35. The number of halogens is 1. The summed E-state index contributed by atoms with van der Waals surface area (Å²) in [6.07, 6.45) is 2.58. The fourth-order valence-electron chi connectivity index (χ4n) is 0.635. The van der Waals surface area contributed by atoms with Crippen LogP contribution in [0, 0.1) is 0 Å². The highest BCUT2D eigenvalue weighted by atomic mass is 79.9. The number of rotatable bonds is 4. The average molecular weight is 194 g/mol. The van der Waals surface area contributed by atoms with Gasteiger partial charge >= 0.3 is 0 Å². The molecule has 2 unspecified atom stereocenters. The van der Waals surface area contributed by atoms with E-state index in [0.29, 0.717) is 0 Å². The minimum absolute atomic E-state index is 0.129. The van der Waals surface area contributed by atoms with Gasteiger partial charge in [0.05, 0.1) is 0 Å². The second-order valence-corrected chi connectivity index (χ2v) is 3.80. The Morgan fingerprint density at radius 3 is 2.44 bits per heavy atom. The molecule has 0 aromatic rings. The van der Waals surface area contributed by atoms with Crippen LogP contribution in [0.25, 0.3) is 0 Å². The van der Waals surface area contributed by atoms with Gasteiger partial charge in [-0.25, -0.2) is 5.11 Å². The van der Waals surface area contributed by atoms with Crippen molar-refractivity contribution in [2.24, 2.45) is 0 Å². The lowest BCUT2D eigenvalue weighted by atomic mass is 10.1. The minimum atomic E-state index is -0.412. The monoisotopic (exact) mass is 193 g/mol. The maximum absolute atomic E-state index is 10.9. The van der Waals surface area contributed by atoms with Crippen molar-refractivity contribution in [3.8, 4) is 0 Å². The van der Waals surface area contributed by atoms with Crippen LogP contribution in [0.1, 0.15) is 33.1 Å². The smallest absolute Gasteiger partial charge is 0.105 e. The van der Waals surface area contributed by atoms with Gasteiger partial charge in [0, 0.05) is 4.83 Å². The van der Waals surface area contributed by atoms with E-state index in [2.05, 4.69) is 22.9 Å². The fourth-order valence-corrected chi connectivity index (χ4v) is 0.899. The predicted molar refractivity (Wildman–Crippen MR) is 42.4 cm³/mol. The Morgan fingerprint density at radius 2 is 2.11 bits per heavy atom. The van der Waals surface area contributed by atoms with E-state index in [4.69, 9.17) is 0 Å². The first-order valence-corrected chi connectivity index (χ1v) is 4.40. The van der Waals surface area contributed by atoms with Crippen LogP contribution >= 0.6 is 15.9 Å². The zero-order valence-electron chi connectivity index (χ0n) is 6.06. The first-order chi connectivity index (χ1) is 4.18. The Balaban J connectivity index is 3.16. The summed E-state index contributed by atoms with van der Waals surface area (Å²) in [5.74, 6) is 0. The van der Waals surface area contributed by atoms with E-state index in [1.54, 1.807) is 0 Å². The second-order valence-electron chi connectivity index (χ2n) is 2.36. The highest BCUT2D eigenvalue weighted by Gasteiger charge is 2.10. The molecule has 2 heteroatoms. The van der Waals surface area contributed by atoms with Crippen LogP contribution in [0.4, 0.5) is 0 Å². The van der Waals surface area contributed by atoms with Gasteiger partial charge in [0.1, 0.15) is 6.10 Å². The Morgan fingerprint density at radius 1 is 1.56 bits per heavy atom. The molecule has 0 saturated carbocycles. The van der Waals surface area contributed by atoms with Gasteiger partial charge in [0.2, 0.25) is 0 Å².